The molecule has 1 aliphatic heterocycles. The highest BCUT2D eigenvalue weighted by molar-refractivity contribution is 5.91. The quantitative estimate of drug-likeness (QED) is 0.352. The molecule has 0 spiro atoms. The van der Waals surface area contributed by atoms with Crippen LogP contribution in [0.5, 0.6) is 11.5 Å². The van der Waals surface area contributed by atoms with Crippen LogP contribution in [0.2, 0.25) is 0 Å². The summed E-state index contributed by atoms with van der Waals surface area (Å²) in [6.45, 7) is 3.52. The second kappa shape index (κ2) is 11.5. The average molecular weight is 492 g/mol. The molecule has 1 aromatic heterocycles. The number of carbonyl (C=O) groups excluding carboxylic acids is 2. The molecule has 4 rings (SSSR count). The van der Waals surface area contributed by atoms with Gasteiger partial charge in [0, 0.05) is 36.5 Å². The van der Waals surface area contributed by atoms with Gasteiger partial charge in [-0.05, 0) is 43.3 Å². The van der Waals surface area contributed by atoms with Crippen LogP contribution in [0.4, 0.5) is 0 Å². The van der Waals surface area contributed by atoms with Crippen LogP contribution < -0.4 is 9.47 Å². The Labute approximate surface area is 209 Å². The SMILES string of the molecule is COc1ccc(-c2nn(-c3ccccc3)cc2/C=C/C(=O)OC(C)C(=O)N2CCOCC2)cc1OC. The molecule has 1 saturated heterocycles. The monoisotopic (exact) mass is 491 g/mol. The van der Waals surface area contributed by atoms with E-state index in [0.29, 0.717) is 49.1 Å². The molecular weight excluding hydrogens is 462 g/mol. The predicted octanol–water partition coefficient (Wildman–Crippen LogP) is 3.36. The topological polar surface area (TPSA) is 92.1 Å². The maximum Gasteiger partial charge on any atom is 0.331 e. The summed E-state index contributed by atoms with van der Waals surface area (Å²) < 4.78 is 23.2. The highest BCUT2D eigenvalue weighted by Crippen LogP contribution is 2.33. The largest absolute Gasteiger partial charge is 0.493 e. The maximum absolute atomic E-state index is 12.6. The molecule has 188 valence electrons. The number of para-hydroxylation sites is 1. The lowest BCUT2D eigenvalue weighted by Gasteiger charge is -2.28. The Hall–Kier alpha value is -4.11. The summed E-state index contributed by atoms with van der Waals surface area (Å²) in [5, 5.41) is 4.75. The highest BCUT2D eigenvalue weighted by atomic mass is 16.5. The number of nitrogens with zero attached hydrogens (tertiary/aromatic N) is 3. The fourth-order valence-corrected chi connectivity index (χ4v) is 3.89. The number of carbonyl (C=O) groups is 2. The zero-order valence-electron chi connectivity index (χ0n) is 20.5. The van der Waals surface area contributed by atoms with Crippen LogP contribution in [-0.4, -0.2) is 73.2 Å². The van der Waals surface area contributed by atoms with Crippen molar-refractivity contribution in [2.24, 2.45) is 0 Å². The van der Waals surface area contributed by atoms with Gasteiger partial charge >= 0.3 is 5.97 Å². The number of hydrogen-bond donors (Lipinski definition) is 0. The van der Waals surface area contributed by atoms with Crippen molar-refractivity contribution in [2.45, 2.75) is 13.0 Å². The first kappa shape index (κ1) is 25.0. The number of benzene rings is 2. The molecule has 1 unspecified atom stereocenters. The molecule has 2 heterocycles. The number of esters is 1. The van der Waals surface area contributed by atoms with Crippen LogP contribution >= 0.6 is 0 Å². The van der Waals surface area contributed by atoms with E-state index in [-0.39, 0.29) is 5.91 Å². The molecule has 3 aromatic rings. The molecule has 1 amide bonds. The lowest BCUT2D eigenvalue weighted by molar-refractivity contribution is -0.157. The van der Waals surface area contributed by atoms with Crippen molar-refractivity contribution in [1.29, 1.82) is 0 Å². The van der Waals surface area contributed by atoms with Gasteiger partial charge in [0.2, 0.25) is 0 Å². The number of rotatable bonds is 8. The van der Waals surface area contributed by atoms with Gasteiger partial charge in [-0.25, -0.2) is 9.48 Å². The molecule has 9 heteroatoms. The van der Waals surface area contributed by atoms with Gasteiger partial charge in [0.25, 0.3) is 5.91 Å². The third kappa shape index (κ3) is 5.75. The van der Waals surface area contributed by atoms with Crippen molar-refractivity contribution in [3.05, 3.63) is 66.4 Å². The van der Waals surface area contributed by atoms with Crippen molar-refractivity contribution in [3.8, 4) is 28.4 Å². The van der Waals surface area contributed by atoms with E-state index in [1.54, 1.807) is 42.9 Å². The van der Waals surface area contributed by atoms with E-state index in [9.17, 15) is 9.59 Å². The molecule has 0 bridgehead atoms. The molecular formula is C27H29N3O6. The smallest absolute Gasteiger partial charge is 0.331 e. The van der Waals surface area contributed by atoms with Crippen LogP contribution in [-0.2, 0) is 19.1 Å². The molecule has 1 fully saturated rings. The standard InChI is InChI=1S/C27H29N3O6/c1-19(27(32)29-13-15-35-16-14-29)36-25(31)12-10-21-18-30(22-7-5-4-6-8-22)28-26(21)20-9-11-23(33-2)24(17-20)34-3/h4-12,17-19H,13-16H2,1-3H3/b12-10+. The van der Waals surface area contributed by atoms with Crippen LogP contribution in [0, 0.1) is 0 Å². The van der Waals surface area contributed by atoms with Gasteiger partial charge in [0.15, 0.2) is 17.6 Å². The number of morpholine rings is 1. The van der Waals surface area contributed by atoms with E-state index in [1.807, 2.05) is 48.7 Å². The van der Waals surface area contributed by atoms with E-state index in [2.05, 4.69) is 0 Å². The maximum atomic E-state index is 12.6. The Morgan fingerprint density at radius 3 is 2.44 bits per heavy atom. The fourth-order valence-electron chi connectivity index (χ4n) is 3.89. The second-order valence-electron chi connectivity index (χ2n) is 8.13. The molecule has 1 atom stereocenters. The second-order valence-corrected chi connectivity index (χ2v) is 8.13. The normalized spacial score (nSPS) is 14.5. The lowest BCUT2D eigenvalue weighted by Crippen LogP contribution is -2.45. The fraction of sp³-hybridized carbons (Fsp3) is 0.296. The van der Waals surface area contributed by atoms with Crippen molar-refractivity contribution in [2.75, 3.05) is 40.5 Å². The van der Waals surface area contributed by atoms with Crippen LogP contribution in [0.15, 0.2) is 60.8 Å². The Kier molecular flexibility index (Phi) is 8.02. The van der Waals surface area contributed by atoms with Crippen molar-refractivity contribution < 1.29 is 28.5 Å². The number of methoxy groups -OCH3 is 2. The molecule has 0 radical (unpaired) electrons. The van der Waals surface area contributed by atoms with Crippen LogP contribution in [0.1, 0.15) is 12.5 Å². The van der Waals surface area contributed by atoms with E-state index >= 15 is 0 Å². The minimum absolute atomic E-state index is 0.233. The molecule has 0 aliphatic carbocycles. The van der Waals surface area contributed by atoms with E-state index in [1.165, 1.54) is 6.08 Å². The van der Waals surface area contributed by atoms with Gasteiger partial charge in [-0.15, -0.1) is 0 Å². The molecule has 9 nitrogen and oxygen atoms in total. The van der Waals surface area contributed by atoms with E-state index in [0.717, 1.165) is 11.3 Å². The first-order valence-corrected chi connectivity index (χ1v) is 11.6. The highest BCUT2D eigenvalue weighted by Gasteiger charge is 2.24. The van der Waals surface area contributed by atoms with Gasteiger partial charge in [-0.2, -0.15) is 5.10 Å². The molecule has 1 aliphatic rings. The summed E-state index contributed by atoms with van der Waals surface area (Å²) in [5.74, 6) is 0.315. The molecule has 2 aromatic carbocycles. The predicted molar refractivity (Wildman–Crippen MR) is 134 cm³/mol. The Morgan fingerprint density at radius 1 is 1.03 bits per heavy atom. The summed E-state index contributed by atoms with van der Waals surface area (Å²) in [6.07, 6.45) is 3.87. The van der Waals surface area contributed by atoms with Gasteiger partial charge < -0.3 is 23.8 Å². The first-order chi connectivity index (χ1) is 17.5. The number of ether oxygens (including phenoxy) is 4. The third-order valence-corrected chi connectivity index (χ3v) is 5.78. The number of hydrogen-bond acceptors (Lipinski definition) is 7. The van der Waals surface area contributed by atoms with E-state index in [4.69, 9.17) is 24.0 Å². The van der Waals surface area contributed by atoms with Gasteiger partial charge in [-0.3, -0.25) is 4.79 Å². The van der Waals surface area contributed by atoms with Gasteiger partial charge in [0.05, 0.1) is 33.1 Å². The summed E-state index contributed by atoms with van der Waals surface area (Å²) in [7, 11) is 3.15. The summed E-state index contributed by atoms with van der Waals surface area (Å²) in [5.41, 5.74) is 2.98. The van der Waals surface area contributed by atoms with E-state index < -0.39 is 12.1 Å². The van der Waals surface area contributed by atoms with Gasteiger partial charge in [0.1, 0.15) is 5.69 Å². The Bertz CT molecular complexity index is 1230. The molecule has 0 N–H and O–H groups in total. The van der Waals surface area contributed by atoms with Crippen molar-refractivity contribution in [1.82, 2.24) is 14.7 Å². The number of aromatic nitrogens is 2. The molecule has 0 saturated carbocycles. The van der Waals surface area contributed by atoms with Crippen molar-refractivity contribution in [3.63, 3.8) is 0 Å². The summed E-state index contributed by atoms with van der Waals surface area (Å²) >= 11 is 0. The van der Waals surface area contributed by atoms with Gasteiger partial charge in [-0.1, -0.05) is 18.2 Å². The Balaban J connectivity index is 1.58. The van der Waals surface area contributed by atoms with Crippen LogP contribution in [0.3, 0.4) is 0 Å². The first-order valence-electron chi connectivity index (χ1n) is 11.6. The number of amides is 1. The summed E-state index contributed by atoms with van der Waals surface area (Å²) in [4.78, 5) is 26.8. The minimum atomic E-state index is -0.891. The van der Waals surface area contributed by atoms with Crippen LogP contribution in [0.25, 0.3) is 23.0 Å². The third-order valence-electron chi connectivity index (χ3n) is 5.78. The molecule has 36 heavy (non-hydrogen) atoms. The minimum Gasteiger partial charge on any atom is -0.493 e. The van der Waals surface area contributed by atoms with Crippen molar-refractivity contribution >= 4 is 18.0 Å². The average Bonchev–Trinajstić information content (AvgIpc) is 3.36. The Morgan fingerprint density at radius 2 is 1.75 bits per heavy atom. The summed E-state index contributed by atoms with van der Waals surface area (Å²) in [6, 6.07) is 15.2. The zero-order chi connectivity index (χ0) is 25.5. The lowest BCUT2D eigenvalue weighted by atomic mass is 10.1. The zero-order valence-corrected chi connectivity index (χ0v) is 20.5.